The molecule has 0 radical (unpaired) electrons. The number of rotatable bonds is 4. The van der Waals surface area contributed by atoms with Gasteiger partial charge in [-0.2, -0.15) is 0 Å². The average molecular weight is 323 g/mol. The van der Waals surface area contributed by atoms with Crippen LogP contribution in [0.5, 0.6) is 17.4 Å². The van der Waals surface area contributed by atoms with Crippen molar-refractivity contribution in [2.75, 3.05) is 5.73 Å². The van der Waals surface area contributed by atoms with E-state index in [-0.39, 0.29) is 6.10 Å². The third kappa shape index (κ3) is 3.38. The minimum absolute atomic E-state index is 0.0445. The number of benzene rings is 1. The first kappa shape index (κ1) is 13.7. The van der Waals surface area contributed by atoms with Crippen molar-refractivity contribution in [2.45, 2.75) is 20.0 Å². The maximum absolute atomic E-state index is 5.90. The zero-order chi connectivity index (χ0) is 13.8. The SMILES string of the molecule is CC(C)Oc1cccnc1Oc1c(N)cccc1Br. The van der Waals surface area contributed by atoms with Crippen LogP contribution in [0.4, 0.5) is 5.69 Å². The van der Waals surface area contributed by atoms with Crippen molar-refractivity contribution in [3.05, 3.63) is 41.0 Å². The fourth-order valence-electron chi connectivity index (χ4n) is 1.53. The molecule has 2 rings (SSSR count). The number of pyridine rings is 1. The van der Waals surface area contributed by atoms with E-state index in [0.717, 1.165) is 4.47 Å². The van der Waals surface area contributed by atoms with E-state index in [1.165, 1.54) is 0 Å². The van der Waals surface area contributed by atoms with Gasteiger partial charge in [-0.3, -0.25) is 0 Å². The largest absolute Gasteiger partial charge is 0.485 e. The van der Waals surface area contributed by atoms with Gasteiger partial charge in [0, 0.05) is 6.20 Å². The minimum atomic E-state index is 0.0445. The molecule has 2 aromatic rings. The summed E-state index contributed by atoms with van der Waals surface area (Å²) in [7, 11) is 0. The van der Waals surface area contributed by atoms with Crippen LogP contribution in [0.3, 0.4) is 0 Å². The first-order valence-corrected chi connectivity index (χ1v) is 6.70. The minimum Gasteiger partial charge on any atom is -0.485 e. The van der Waals surface area contributed by atoms with E-state index in [1.807, 2.05) is 32.0 Å². The van der Waals surface area contributed by atoms with E-state index < -0.39 is 0 Å². The fourth-order valence-corrected chi connectivity index (χ4v) is 1.99. The van der Waals surface area contributed by atoms with Gasteiger partial charge in [0.15, 0.2) is 11.5 Å². The van der Waals surface area contributed by atoms with E-state index in [1.54, 1.807) is 18.3 Å². The molecule has 0 bridgehead atoms. The molecule has 0 aliphatic rings. The number of hydrogen-bond acceptors (Lipinski definition) is 4. The average Bonchev–Trinajstić information content (AvgIpc) is 2.35. The Hall–Kier alpha value is -1.75. The van der Waals surface area contributed by atoms with Crippen LogP contribution in [-0.4, -0.2) is 11.1 Å². The van der Waals surface area contributed by atoms with Crippen LogP contribution in [0.25, 0.3) is 0 Å². The normalized spacial score (nSPS) is 10.5. The van der Waals surface area contributed by atoms with Gasteiger partial charge in [-0.1, -0.05) is 6.07 Å². The van der Waals surface area contributed by atoms with E-state index in [9.17, 15) is 0 Å². The topological polar surface area (TPSA) is 57.4 Å². The standard InChI is InChI=1S/C14H15BrN2O2/c1-9(2)18-12-7-4-8-17-14(12)19-13-10(15)5-3-6-11(13)16/h3-9H,16H2,1-2H3. The smallest absolute Gasteiger partial charge is 0.262 e. The van der Waals surface area contributed by atoms with Crippen molar-refractivity contribution in [2.24, 2.45) is 0 Å². The van der Waals surface area contributed by atoms with Gasteiger partial charge in [-0.25, -0.2) is 4.98 Å². The fraction of sp³-hybridized carbons (Fsp3) is 0.214. The second kappa shape index (κ2) is 5.93. The summed E-state index contributed by atoms with van der Waals surface area (Å²) in [5, 5.41) is 0. The highest BCUT2D eigenvalue weighted by Crippen LogP contribution is 2.37. The number of aromatic nitrogens is 1. The molecule has 0 spiro atoms. The molecule has 100 valence electrons. The van der Waals surface area contributed by atoms with Crippen LogP contribution in [0.2, 0.25) is 0 Å². The van der Waals surface area contributed by atoms with Gasteiger partial charge in [-0.05, 0) is 54.0 Å². The van der Waals surface area contributed by atoms with E-state index in [4.69, 9.17) is 15.2 Å². The summed E-state index contributed by atoms with van der Waals surface area (Å²) in [5.74, 6) is 1.53. The van der Waals surface area contributed by atoms with Crippen LogP contribution < -0.4 is 15.2 Å². The Morgan fingerprint density at radius 2 is 2.00 bits per heavy atom. The zero-order valence-corrected chi connectivity index (χ0v) is 12.3. The number of nitrogen functional groups attached to an aromatic ring is 1. The van der Waals surface area contributed by atoms with Crippen LogP contribution >= 0.6 is 15.9 Å². The quantitative estimate of drug-likeness (QED) is 0.864. The van der Waals surface area contributed by atoms with Crippen molar-refractivity contribution in [3.8, 4) is 17.4 Å². The molecule has 1 aromatic heterocycles. The third-order valence-electron chi connectivity index (χ3n) is 2.30. The van der Waals surface area contributed by atoms with Gasteiger partial charge in [0.25, 0.3) is 5.88 Å². The molecule has 0 atom stereocenters. The summed E-state index contributed by atoms with van der Waals surface area (Å²) >= 11 is 3.41. The summed E-state index contributed by atoms with van der Waals surface area (Å²) in [5.41, 5.74) is 6.43. The molecule has 0 fully saturated rings. The van der Waals surface area contributed by atoms with E-state index in [2.05, 4.69) is 20.9 Å². The zero-order valence-electron chi connectivity index (χ0n) is 10.8. The Bertz CT molecular complexity index is 553. The third-order valence-corrected chi connectivity index (χ3v) is 2.92. The number of nitrogens with two attached hydrogens (primary N) is 1. The highest BCUT2D eigenvalue weighted by molar-refractivity contribution is 9.10. The summed E-state index contributed by atoms with van der Waals surface area (Å²) in [6.07, 6.45) is 1.69. The molecule has 0 saturated heterocycles. The molecule has 0 aliphatic heterocycles. The van der Waals surface area contributed by atoms with Gasteiger partial charge in [0.2, 0.25) is 0 Å². The molecule has 0 amide bonds. The number of nitrogens with zero attached hydrogens (tertiary/aromatic N) is 1. The van der Waals surface area contributed by atoms with Gasteiger partial charge in [0.1, 0.15) is 0 Å². The summed E-state index contributed by atoms with van der Waals surface area (Å²) < 4.78 is 12.2. The van der Waals surface area contributed by atoms with Gasteiger partial charge in [0.05, 0.1) is 16.3 Å². The van der Waals surface area contributed by atoms with Crippen molar-refractivity contribution in [3.63, 3.8) is 0 Å². The molecule has 5 heteroatoms. The van der Waals surface area contributed by atoms with Crippen LogP contribution in [0.1, 0.15) is 13.8 Å². The van der Waals surface area contributed by atoms with Crippen molar-refractivity contribution in [1.82, 2.24) is 4.98 Å². The lowest BCUT2D eigenvalue weighted by Crippen LogP contribution is -2.07. The summed E-state index contributed by atoms with van der Waals surface area (Å²) in [6.45, 7) is 3.90. The molecular formula is C14H15BrN2O2. The van der Waals surface area contributed by atoms with Crippen LogP contribution in [0.15, 0.2) is 41.0 Å². The van der Waals surface area contributed by atoms with Crippen molar-refractivity contribution >= 4 is 21.6 Å². The van der Waals surface area contributed by atoms with Crippen LogP contribution in [0, 0.1) is 0 Å². The number of halogens is 1. The van der Waals surface area contributed by atoms with Crippen LogP contribution in [-0.2, 0) is 0 Å². The molecule has 0 saturated carbocycles. The monoisotopic (exact) mass is 322 g/mol. The lowest BCUT2D eigenvalue weighted by Gasteiger charge is -2.15. The Labute approximate surface area is 120 Å². The Kier molecular flexibility index (Phi) is 4.27. The lowest BCUT2D eigenvalue weighted by atomic mass is 10.3. The molecule has 0 aliphatic carbocycles. The molecule has 1 heterocycles. The second-order valence-electron chi connectivity index (χ2n) is 4.23. The summed E-state index contributed by atoms with van der Waals surface area (Å²) in [4.78, 5) is 4.19. The maximum atomic E-state index is 5.90. The predicted octanol–water partition coefficient (Wildman–Crippen LogP) is 4.01. The van der Waals surface area contributed by atoms with E-state index in [0.29, 0.717) is 23.1 Å². The maximum Gasteiger partial charge on any atom is 0.262 e. The number of anilines is 1. The molecule has 1 aromatic carbocycles. The molecule has 2 N–H and O–H groups in total. The van der Waals surface area contributed by atoms with Gasteiger partial charge < -0.3 is 15.2 Å². The second-order valence-corrected chi connectivity index (χ2v) is 5.09. The Morgan fingerprint density at radius 3 is 2.68 bits per heavy atom. The number of ether oxygens (including phenoxy) is 2. The van der Waals surface area contributed by atoms with Crippen molar-refractivity contribution in [1.29, 1.82) is 0 Å². The molecule has 19 heavy (non-hydrogen) atoms. The Morgan fingerprint density at radius 1 is 1.21 bits per heavy atom. The predicted molar refractivity (Wildman–Crippen MR) is 78.6 cm³/mol. The van der Waals surface area contributed by atoms with Gasteiger partial charge in [-0.15, -0.1) is 0 Å². The molecule has 4 nitrogen and oxygen atoms in total. The number of para-hydroxylation sites is 1. The summed E-state index contributed by atoms with van der Waals surface area (Å²) in [6, 6.07) is 9.09. The Balaban J connectivity index is 2.33. The first-order chi connectivity index (χ1) is 9.08. The van der Waals surface area contributed by atoms with Gasteiger partial charge >= 0.3 is 0 Å². The van der Waals surface area contributed by atoms with E-state index >= 15 is 0 Å². The highest BCUT2D eigenvalue weighted by atomic mass is 79.9. The number of hydrogen-bond donors (Lipinski definition) is 1. The molecule has 0 unspecified atom stereocenters. The first-order valence-electron chi connectivity index (χ1n) is 5.91. The molecular weight excluding hydrogens is 308 g/mol. The van der Waals surface area contributed by atoms with Crippen molar-refractivity contribution < 1.29 is 9.47 Å². The highest BCUT2D eigenvalue weighted by Gasteiger charge is 2.12. The lowest BCUT2D eigenvalue weighted by molar-refractivity contribution is 0.231.